The lowest BCUT2D eigenvalue weighted by molar-refractivity contribution is -0.118. The lowest BCUT2D eigenvalue weighted by Gasteiger charge is -2.08. The van der Waals surface area contributed by atoms with Crippen LogP contribution in [0.4, 0.5) is 5.69 Å². The second kappa shape index (κ2) is 8.59. The van der Waals surface area contributed by atoms with Crippen LogP contribution >= 0.6 is 11.6 Å². The fourth-order valence-electron chi connectivity index (χ4n) is 3.02. The first-order chi connectivity index (χ1) is 14.5. The maximum absolute atomic E-state index is 12.2. The molecule has 30 heavy (non-hydrogen) atoms. The zero-order chi connectivity index (χ0) is 21.1. The van der Waals surface area contributed by atoms with E-state index in [1.54, 1.807) is 18.2 Å². The predicted octanol–water partition coefficient (Wildman–Crippen LogP) is 6.04. The summed E-state index contributed by atoms with van der Waals surface area (Å²) in [4.78, 5) is 16.8. The van der Waals surface area contributed by atoms with Gasteiger partial charge in [-0.2, -0.15) is 0 Å². The van der Waals surface area contributed by atoms with Crippen molar-refractivity contribution in [1.29, 1.82) is 0 Å². The van der Waals surface area contributed by atoms with Gasteiger partial charge in [0.1, 0.15) is 11.3 Å². The molecule has 4 aromatic rings. The van der Waals surface area contributed by atoms with Gasteiger partial charge < -0.3 is 14.5 Å². The van der Waals surface area contributed by atoms with E-state index in [1.165, 1.54) is 5.56 Å². The Morgan fingerprint density at radius 2 is 1.90 bits per heavy atom. The number of nitrogens with one attached hydrogen (secondary N) is 1. The Kier molecular flexibility index (Phi) is 5.72. The number of hydrogen-bond acceptors (Lipinski definition) is 4. The molecule has 1 N–H and O–H groups in total. The van der Waals surface area contributed by atoms with E-state index < -0.39 is 0 Å². The number of anilines is 1. The highest BCUT2D eigenvalue weighted by molar-refractivity contribution is 6.31. The van der Waals surface area contributed by atoms with Gasteiger partial charge in [0.25, 0.3) is 5.91 Å². The summed E-state index contributed by atoms with van der Waals surface area (Å²) in [5, 5.41) is 3.49. The van der Waals surface area contributed by atoms with Crippen molar-refractivity contribution < 1.29 is 13.9 Å². The molecule has 1 heterocycles. The summed E-state index contributed by atoms with van der Waals surface area (Å²) in [7, 11) is 0. The molecule has 3 aromatic carbocycles. The summed E-state index contributed by atoms with van der Waals surface area (Å²) in [6.45, 7) is 3.96. The topological polar surface area (TPSA) is 64.4 Å². The number of hydrogen-bond donors (Lipinski definition) is 1. The molecular formula is C24H21ClN2O3. The van der Waals surface area contributed by atoms with Crippen molar-refractivity contribution >= 4 is 34.3 Å². The molecule has 0 aliphatic rings. The molecule has 0 fully saturated rings. The lowest BCUT2D eigenvalue weighted by atomic mass is 10.1. The van der Waals surface area contributed by atoms with Crippen LogP contribution in [-0.4, -0.2) is 17.5 Å². The molecule has 0 atom stereocenters. The molecule has 0 bridgehead atoms. The van der Waals surface area contributed by atoms with Crippen molar-refractivity contribution in [1.82, 2.24) is 4.98 Å². The molecule has 0 radical (unpaired) electrons. The molecule has 0 unspecified atom stereocenters. The van der Waals surface area contributed by atoms with E-state index in [2.05, 4.69) is 17.2 Å². The first-order valence-electron chi connectivity index (χ1n) is 9.70. The minimum atomic E-state index is -0.247. The zero-order valence-corrected chi connectivity index (χ0v) is 17.5. The van der Waals surface area contributed by atoms with Gasteiger partial charge in [0.05, 0.1) is 0 Å². The maximum atomic E-state index is 12.2. The van der Waals surface area contributed by atoms with Gasteiger partial charge in [0.2, 0.25) is 5.89 Å². The third-order valence-electron chi connectivity index (χ3n) is 4.79. The number of oxazole rings is 1. The van der Waals surface area contributed by atoms with Crippen LogP contribution < -0.4 is 10.1 Å². The quantitative estimate of drug-likeness (QED) is 0.413. The van der Waals surface area contributed by atoms with E-state index in [-0.39, 0.29) is 12.5 Å². The minimum Gasteiger partial charge on any atom is -0.484 e. The van der Waals surface area contributed by atoms with Crippen LogP contribution in [0.25, 0.3) is 22.6 Å². The van der Waals surface area contributed by atoms with Gasteiger partial charge in [-0.25, -0.2) is 4.98 Å². The number of nitrogens with zero attached hydrogens (tertiary/aromatic N) is 1. The van der Waals surface area contributed by atoms with Crippen molar-refractivity contribution in [3.05, 3.63) is 76.8 Å². The third kappa shape index (κ3) is 4.47. The summed E-state index contributed by atoms with van der Waals surface area (Å²) < 4.78 is 11.4. The molecular weight excluding hydrogens is 400 g/mol. The largest absolute Gasteiger partial charge is 0.484 e. The normalized spacial score (nSPS) is 10.9. The van der Waals surface area contributed by atoms with Gasteiger partial charge >= 0.3 is 0 Å². The molecule has 0 saturated heterocycles. The van der Waals surface area contributed by atoms with Crippen LogP contribution in [-0.2, 0) is 11.2 Å². The molecule has 0 spiro atoms. The Morgan fingerprint density at radius 3 is 2.63 bits per heavy atom. The van der Waals surface area contributed by atoms with Gasteiger partial charge in [0.15, 0.2) is 12.2 Å². The zero-order valence-electron chi connectivity index (χ0n) is 16.7. The van der Waals surface area contributed by atoms with Crippen LogP contribution in [0.5, 0.6) is 5.75 Å². The van der Waals surface area contributed by atoms with Crippen LogP contribution in [0.15, 0.2) is 65.1 Å². The van der Waals surface area contributed by atoms with Crippen molar-refractivity contribution in [3.63, 3.8) is 0 Å². The number of halogens is 1. The first kappa shape index (κ1) is 20.0. The highest BCUT2D eigenvalue weighted by atomic mass is 35.5. The molecule has 0 aliphatic heterocycles. The summed E-state index contributed by atoms with van der Waals surface area (Å²) >= 11 is 6.21. The average Bonchev–Trinajstić information content (AvgIpc) is 3.18. The van der Waals surface area contributed by atoms with E-state index in [1.807, 2.05) is 49.4 Å². The van der Waals surface area contributed by atoms with Crippen molar-refractivity contribution in [3.8, 4) is 17.2 Å². The predicted molar refractivity (Wildman–Crippen MR) is 119 cm³/mol. The Hall–Kier alpha value is -3.31. The summed E-state index contributed by atoms with van der Waals surface area (Å²) in [5.74, 6) is 0.896. The van der Waals surface area contributed by atoms with E-state index in [0.29, 0.717) is 33.4 Å². The highest BCUT2D eigenvalue weighted by Crippen LogP contribution is 2.29. The Bertz CT molecular complexity index is 1200. The fraction of sp³-hybridized carbons (Fsp3) is 0.167. The number of benzene rings is 3. The number of fused-ring (bicyclic) bond motifs is 1. The average molecular weight is 421 g/mol. The minimum absolute atomic E-state index is 0.0740. The van der Waals surface area contributed by atoms with Gasteiger partial charge in [-0.3, -0.25) is 4.79 Å². The first-order valence-corrected chi connectivity index (χ1v) is 10.1. The second-order valence-corrected chi connectivity index (χ2v) is 7.41. The van der Waals surface area contributed by atoms with E-state index in [9.17, 15) is 4.79 Å². The van der Waals surface area contributed by atoms with Gasteiger partial charge in [-0.15, -0.1) is 0 Å². The fourth-order valence-corrected chi connectivity index (χ4v) is 3.20. The SMILES string of the molecule is CCc1ccc(OCC(=O)Nc2ccc3oc(-c4ccc(C)c(Cl)c4)nc3c2)cc1. The van der Waals surface area contributed by atoms with Crippen molar-refractivity contribution in [2.75, 3.05) is 11.9 Å². The molecule has 152 valence electrons. The number of ether oxygens (including phenoxy) is 1. The van der Waals surface area contributed by atoms with Crippen LogP contribution in [0, 0.1) is 6.92 Å². The number of carbonyl (C=O) groups is 1. The number of rotatable bonds is 6. The van der Waals surface area contributed by atoms with Gasteiger partial charge in [-0.05, 0) is 66.9 Å². The Labute approximate surface area is 179 Å². The van der Waals surface area contributed by atoms with E-state index in [0.717, 1.165) is 17.5 Å². The van der Waals surface area contributed by atoms with Gasteiger partial charge in [-0.1, -0.05) is 36.7 Å². The van der Waals surface area contributed by atoms with Crippen LogP contribution in [0.3, 0.4) is 0 Å². The Morgan fingerprint density at radius 1 is 1.10 bits per heavy atom. The van der Waals surface area contributed by atoms with E-state index >= 15 is 0 Å². The highest BCUT2D eigenvalue weighted by Gasteiger charge is 2.11. The standard InChI is InChI=1S/C24H21ClN2O3/c1-3-16-5-9-19(10-6-16)29-14-23(28)26-18-8-11-22-21(13-18)27-24(30-22)17-7-4-15(2)20(25)12-17/h4-13H,3,14H2,1-2H3,(H,26,28). The monoisotopic (exact) mass is 420 g/mol. The number of carbonyl (C=O) groups excluding carboxylic acids is 1. The second-order valence-electron chi connectivity index (χ2n) is 7.00. The molecule has 0 aliphatic carbocycles. The van der Waals surface area contributed by atoms with Crippen LogP contribution in [0.1, 0.15) is 18.1 Å². The lowest BCUT2D eigenvalue weighted by Crippen LogP contribution is -2.20. The van der Waals surface area contributed by atoms with Gasteiger partial charge in [0, 0.05) is 16.3 Å². The Balaban J connectivity index is 1.43. The van der Waals surface area contributed by atoms with Crippen molar-refractivity contribution in [2.45, 2.75) is 20.3 Å². The van der Waals surface area contributed by atoms with Crippen LogP contribution in [0.2, 0.25) is 5.02 Å². The smallest absolute Gasteiger partial charge is 0.262 e. The molecule has 4 rings (SSSR count). The third-order valence-corrected chi connectivity index (χ3v) is 5.20. The molecule has 6 heteroatoms. The van der Waals surface area contributed by atoms with E-state index in [4.69, 9.17) is 20.8 Å². The molecule has 1 amide bonds. The number of aryl methyl sites for hydroxylation is 2. The molecule has 5 nitrogen and oxygen atoms in total. The molecule has 1 aromatic heterocycles. The molecule has 0 saturated carbocycles. The number of amides is 1. The number of aromatic nitrogens is 1. The summed E-state index contributed by atoms with van der Waals surface area (Å²) in [6.07, 6.45) is 0.962. The summed E-state index contributed by atoms with van der Waals surface area (Å²) in [6, 6.07) is 18.7. The maximum Gasteiger partial charge on any atom is 0.262 e. The summed E-state index contributed by atoms with van der Waals surface area (Å²) in [5.41, 5.74) is 4.92. The van der Waals surface area contributed by atoms with Crippen molar-refractivity contribution in [2.24, 2.45) is 0 Å².